The van der Waals surface area contributed by atoms with Crippen LogP contribution in [0.3, 0.4) is 0 Å². The summed E-state index contributed by atoms with van der Waals surface area (Å²) in [6, 6.07) is 15.5. The molecule has 3 aromatic rings. The molecule has 2 aromatic carbocycles. The summed E-state index contributed by atoms with van der Waals surface area (Å²) in [5.74, 6) is 2.99. The first-order valence-corrected chi connectivity index (χ1v) is 19.7. The molecule has 0 N–H and O–H groups in total. The van der Waals surface area contributed by atoms with Crippen LogP contribution in [0.5, 0.6) is 5.75 Å². The van der Waals surface area contributed by atoms with Crippen LogP contribution in [0, 0.1) is 18.8 Å². The Balaban J connectivity index is 1.03. The van der Waals surface area contributed by atoms with Gasteiger partial charge in [0, 0.05) is 29.9 Å². The lowest BCUT2D eigenvalue weighted by Crippen LogP contribution is -2.45. The Hall–Kier alpha value is -3.50. The average Bonchev–Trinajstić information content (AvgIpc) is 3.86. The SMILES string of the molecule is COc1ccc([C@H]2CC[C@H](CN(c3cccc(-c4cnn(C5CC5)c4)c3)C(=O)[C@H]3CC[C@H](OC(=O)N4CC[S+]([O-])CC4)CC3)CC2)cc1C. The molecule has 1 saturated heterocycles. The molecule has 4 fully saturated rings. The van der Waals surface area contributed by atoms with Gasteiger partial charge in [-0.25, -0.2) is 4.79 Å². The minimum absolute atomic E-state index is 0.104. The summed E-state index contributed by atoms with van der Waals surface area (Å²) in [5, 5.41) is 4.62. The average molecular weight is 687 g/mol. The quantitative estimate of drug-likeness (QED) is 0.220. The number of anilines is 1. The van der Waals surface area contributed by atoms with E-state index in [4.69, 9.17) is 9.47 Å². The molecule has 9 nitrogen and oxygen atoms in total. The van der Waals surface area contributed by atoms with Crippen LogP contribution in [0.15, 0.2) is 54.9 Å². The number of carbonyl (C=O) groups excluding carboxylic acids is 2. The van der Waals surface area contributed by atoms with Crippen molar-refractivity contribution in [1.82, 2.24) is 14.7 Å². The minimum atomic E-state index is -0.842. The lowest BCUT2D eigenvalue weighted by molar-refractivity contribution is -0.124. The second-order valence-electron chi connectivity index (χ2n) is 14.6. The molecule has 4 aliphatic rings. The third kappa shape index (κ3) is 8.12. The van der Waals surface area contributed by atoms with Gasteiger partial charge >= 0.3 is 6.09 Å². The van der Waals surface area contributed by atoms with Crippen LogP contribution >= 0.6 is 0 Å². The number of hydrogen-bond donors (Lipinski definition) is 0. The topological polar surface area (TPSA) is 100.0 Å². The van der Waals surface area contributed by atoms with E-state index in [1.165, 1.54) is 24.0 Å². The van der Waals surface area contributed by atoms with Crippen molar-refractivity contribution in [2.75, 3.05) is 43.1 Å². The molecule has 0 unspecified atom stereocenters. The highest BCUT2D eigenvalue weighted by atomic mass is 32.2. The summed E-state index contributed by atoms with van der Waals surface area (Å²) in [4.78, 5) is 31.0. The zero-order valence-electron chi connectivity index (χ0n) is 28.9. The Morgan fingerprint density at radius 1 is 0.939 bits per heavy atom. The molecule has 262 valence electrons. The summed E-state index contributed by atoms with van der Waals surface area (Å²) in [7, 11) is 1.72. The van der Waals surface area contributed by atoms with E-state index in [-0.39, 0.29) is 24.0 Å². The molecule has 3 aliphatic carbocycles. The van der Waals surface area contributed by atoms with Crippen molar-refractivity contribution in [3.8, 4) is 16.9 Å². The lowest BCUT2D eigenvalue weighted by Gasteiger charge is -2.36. The minimum Gasteiger partial charge on any atom is -0.616 e. The van der Waals surface area contributed by atoms with Gasteiger partial charge in [-0.05, 0) is 118 Å². The normalized spacial score (nSPS) is 24.8. The zero-order chi connectivity index (χ0) is 33.9. The second kappa shape index (κ2) is 15.2. The number of benzene rings is 2. The highest BCUT2D eigenvalue weighted by molar-refractivity contribution is 7.91. The molecule has 10 heteroatoms. The predicted octanol–water partition coefficient (Wildman–Crippen LogP) is 7.27. The molecule has 3 saturated carbocycles. The Bertz CT molecular complexity index is 1600. The Morgan fingerprint density at radius 2 is 1.69 bits per heavy atom. The number of amides is 2. The van der Waals surface area contributed by atoms with Crippen molar-refractivity contribution in [3.63, 3.8) is 0 Å². The second-order valence-corrected chi connectivity index (χ2v) is 16.3. The van der Waals surface area contributed by atoms with Crippen LogP contribution in [0.1, 0.15) is 87.3 Å². The standard InChI is InChI=1S/C39H50N4O5S/c1-27-22-32(12-17-37(27)47-2)29-8-6-28(7-9-29)25-42(35-5-3-4-31(23-35)33-24-40-43(26-33)34-13-14-34)38(44)30-10-15-36(16-11-30)48-39(45)41-18-20-49(46)21-19-41/h3-5,12,17,22-24,26,28-30,34,36H,6-11,13-16,18-21,25H2,1-2H3/t28-,29-,30-,36-. The number of methoxy groups -OCH3 is 1. The smallest absolute Gasteiger partial charge is 0.410 e. The van der Waals surface area contributed by atoms with Crippen molar-refractivity contribution < 1.29 is 23.6 Å². The molecule has 7 rings (SSSR count). The first-order chi connectivity index (χ1) is 23.8. The highest BCUT2D eigenvalue weighted by Crippen LogP contribution is 2.40. The number of carbonyl (C=O) groups is 2. The van der Waals surface area contributed by atoms with Gasteiger partial charge in [0.15, 0.2) is 0 Å². The Kier molecular flexibility index (Phi) is 10.5. The number of ether oxygens (including phenoxy) is 2. The predicted molar refractivity (Wildman–Crippen MR) is 192 cm³/mol. The molecule has 0 atom stereocenters. The van der Waals surface area contributed by atoms with E-state index in [1.54, 1.807) is 12.0 Å². The van der Waals surface area contributed by atoms with Crippen molar-refractivity contribution >= 4 is 28.9 Å². The fraction of sp³-hybridized carbons (Fsp3) is 0.564. The molecule has 0 spiro atoms. The molecular weight excluding hydrogens is 637 g/mol. The molecule has 0 radical (unpaired) electrons. The molecule has 2 amide bonds. The Labute approximate surface area is 293 Å². The summed E-state index contributed by atoms with van der Waals surface area (Å²) in [5.41, 5.74) is 5.68. The lowest BCUT2D eigenvalue weighted by atomic mass is 9.78. The van der Waals surface area contributed by atoms with Crippen LogP contribution in [0.25, 0.3) is 11.1 Å². The molecule has 2 heterocycles. The maximum Gasteiger partial charge on any atom is 0.410 e. The number of nitrogens with zero attached hydrogens (tertiary/aromatic N) is 4. The van der Waals surface area contributed by atoms with E-state index in [0.29, 0.717) is 74.7 Å². The first kappa shape index (κ1) is 34.0. The van der Waals surface area contributed by atoms with E-state index in [2.05, 4.69) is 70.3 Å². The number of hydrogen-bond acceptors (Lipinski definition) is 6. The molecule has 1 aliphatic heterocycles. The van der Waals surface area contributed by atoms with Crippen molar-refractivity contribution in [1.29, 1.82) is 0 Å². The van der Waals surface area contributed by atoms with Crippen LogP contribution < -0.4 is 9.64 Å². The van der Waals surface area contributed by atoms with E-state index >= 15 is 0 Å². The van der Waals surface area contributed by atoms with Crippen LogP contribution in [-0.4, -0.2) is 75.6 Å². The van der Waals surface area contributed by atoms with Gasteiger partial charge in [-0.2, -0.15) is 5.10 Å². The first-order valence-electron chi connectivity index (χ1n) is 18.3. The summed E-state index contributed by atoms with van der Waals surface area (Å²) >= 11 is -0.842. The van der Waals surface area contributed by atoms with Crippen molar-refractivity contribution in [2.24, 2.45) is 11.8 Å². The number of rotatable bonds is 9. The molecular formula is C39H50N4O5S. The summed E-state index contributed by atoms with van der Waals surface area (Å²) in [6.45, 7) is 3.79. The van der Waals surface area contributed by atoms with E-state index in [9.17, 15) is 14.1 Å². The third-order valence-corrected chi connectivity index (χ3v) is 12.5. The maximum atomic E-state index is 14.5. The van der Waals surface area contributed by atoms with E-state index in [0.717, 1.165) is 48.2 Å². The van der Waals surface area contributed by atoms with Crippen molar-refractivity contribution in [3.05, 3.63) is 66.0 Å². The Morgan fingerprint density at radius 3 is 2.39 bits per heavy atom. The monoisotopic (exact) mass is 686 g/mol. The van der Waals surface area contributed by atoms with Crippen molar-refractivity contribution in [2.45, 2.75) is 89.2 Å². The van der Waals surface area contributed by atoms with E-state index < -0.39 is 11.2 Å². The molecule has 49 heavy (non-hydrogen) atoms. The largest absolute Gasteiger partial charge is 0.616 e. The zero-order valence-corrected chi connectivity index (χ0v) is 29.7. The number of aromatic nitrogens is 2. The fourth-order valence-electron chi connectivity index (χ4n) is 7.98. The van der Waals surface area contributed by atoms with Gasteiger partial charge in [0.1, 0.15) is 23.4 Å². The van der Waals surface area contributed by atoms with Gasteiger partial charge in [-0.1, -0.05) is 35.4 Å². The van der Waals surface area contributed by atoms with E-state index in [1.807, 2.05) is 6.20 Å². The van der Waals surface area contributed by atoms with Gasteiger partial charge in [0.25, 0.3) is 0 Å². The molecule has 0 bridgehead atoms. The highest BCUT2D eigenvalue weighted by Gasteiger charge is 2.35. The third-order valence-electron chi connectivity index (χ3n) is 11.2. The van der Waals surface area contributed by atoms with Crippen LogP contribution in [0.2, 0.25) is 0 Å². The van der Waals surface area contributed by atoms with Gasteiger partial charge in [-0.15, -0.1) is 0 Å². The van der Waals surface area contributed by atoms with Gasteiger partial charge in [-0.3, -0.25) is 14.4 Å². The van der Waals surface area contributed by atoms with Crippen LogP contribution in [-0.2, 0) is 20.7 Å². The van der Waals surface area contributed by atoms with Gasteiger partial charge < -0.3 is 18.9 Å². The van der Waals surface area contributed by atoms with Gasteiger partial charge in [0.05, 0.1) is 32.4 Å². The summed E-state index contributed by atoms with van der Waals surface area (Å²) < 4.78 is 25.1. The fourth-order valence-corrected chi connectivity index (χ4v) is 9.03. The van der Waals surface area contributed by atoms with Crippen LogP contribution in [0.4, 0.5) is 10.5 Å². The maximum absolute atomic E-state index is 14.5. The van der Waals surface area contributed by atoms with Gasteiger partial charge in [0.2, 0.25) is 5.91 Å². The molecule has 1 aromatic heterocycles. The number of aryl methyl sites for hydroxylation is 1. The summed E-state index contributed by atoms with van der Waals surface area (Å²) in [6.07, 6.45) is 13.1.